The summed E-state index contributed by atoms with van der Waals surface area (Å²) in [7, 11) is 0. The second kappa shape index (κ2) is 10.7. The predicted octanol–water partition coefficient (Wildman–Crippen LogP) is 4.31. The molecular weight excluding hydrogens is 488 g/mol. The highest BCUT2D eigenvalue weighted by molar-refractivity contribution is 5.96. The van der Waals surface area contributed by atoms with E-state index >= 15 is 0 Å². The molecule has 5 rings (SSSR count). The Balaban J connectivity index is 1.41. The van der Waals surface area contributed by atoms with Crippen molar-refractivity contribution in [1.82, 2.24) is 20.2 Å². The highest BCUT2D eigenvalue weighted by Gasteiger charge is 2.38. The van der Waals surface area contributed by atoms with Crippen LogP contribution in [0.25, 0.3) is 10.9 Å². The number of aryl methyl sites for hydroxylation is 1. The molecule has 2 N–H and O–H groups in total. The van der Waals surface area contributed by atoms with E-state index in [0.717, 1.165) is 36.2 Å². The van der Waals surface area contributed by atoms with Crippen LogP contribution in [0.3, 0.4) is 0 Å². The lowest BCUT2D eigenvalue weighted by atomic mass is 9.76. The molecule has 0 spiro atoms. The van der Waals surface area contributed by atoms with Crippen molar-refractivity contribution >= 4 is 16.8 Å². The summed E-state index contributed by atoms with van der Waals surface area (Å²) in [6.07, 6.45) is 5.24. The van der Waals surface area contributed by atoms with Crippen LogP contribution < -0.4 is 5.32 Å². The number of hydrogen-bond acceptors (Lipinski definition) is 6. The smallest absolute Gasteiger partial charge is 0.270 e. The van der Waals surface area contributed by atoms with Crippen molar-refractivity contribution < 1.29 is 18.7 Å². The predicted molar refractivity (Wildman–Crippen MR) is 138 cm³/mol. The van der Waals surface area contributed by atoms with Gasteiger partial charge in [-0.2, -0.15) is 5.26 Å². The van der Waals surface area contributed by atoms with Crippen LogP contribution in [0.2, 0.25) is 0 Å². The maximum absolute atomic E-state index is 15.0. The van der Waals surface area contributed by atoms with Crippen LogP contribution in [-0.2, 0) is 12.0 Å². The summed E-state index contributed by atoms with van der Waals surface area (Å²) in [5, 5.41) is 23.2. The van der Waals surface area contributed by atoms with Gasteiger partial charge in [0.15, 0.2) is 0 Å². The molecule has 0 radical (unpaired) electrons. The molecule has 3 aromatic rings. The van der Waals surface area contributed by atoms with Crippen LogP contribution in [0.15, 0.2) is 36.5 Å². The third-order valence-corrected chi connectivity index (χ3v) is 7.94. The molecule has 0 bridgehead atoms. The molecule has 7 nitrogen and oxygen atoms in total. The number of aromatic nitrogens is 2. The summed E-state index contributed by atoms with van der Waals surface area (Å²) in [5.41, 5.74) is 1.35. The highest BCUT2D eigenvalue weighted by atomic mass is 19.1. The summed E-state index contributed by atoms with van der Waals surface area (Å²) in [6, 6.07) is 9.52. The number of rotatable bonds is 5. The monoisotopic (exact) mass is 519 g/mol. The van der Waals surface area contributed by atoms with E-state index < -0.39 is 35.1 Å². The van der Waals surface area contributed by atoms with Gasteiger partial charge in [-0.3, -0.25) is 14.7 Å². The molecule has 1 saturated carbocycles. The molecule has 3 heterocycles. The van der Waals surface area contributed by atoms with Gasteiger partial charge in [0.2, 0.25) is 0 Å². The molecule has 2 unspecified atom stereocenters. The number of carbonyl (C=O) groups excluding carboxylic acids is 1. The summed E-state index contributed by atoms with van der Waals surface area (Å²) in [5.74, 6) is -1.83. The Kier molecular flexibility index (Phi) is 7.37. The zero-order chi connectivity index (χ0) is 26.9. The first-order valence-corrected chi connectivity index (χ1v) is 13.1. The van der Waals surface area contributed by atoms with Crippen molar-refractivity contribution in [3.63, 3.8) is 0 Å². The first-order chi connectivity index (χ1) is 18.3. The number of benzene rings is 1. The van der Waals surface area contributed by atoms with Gasteiger partial charge in [-0.05, 0) is 74.1 Å². The molecule has 198 valence electrons. The number of hydrogen-bond donors (Lipinski definition) is 2. The highest BCUT2D eigenvalue weighted by Crippen LogP contribution is 2.35. The van der Waals surface area contributed by atoms with Crippen molar-refractivity contribution in [1.29, 1.82) is 5.26 Å². The number of aliphatic hydroxyl groups is 1. The largest absolute Gasteiger partial charge is 0.391 e. The number of pyridine rings is 2. The van der Waals surface area contributed by atoms with E-state index in [-0.39, 0.29) is 23.1 Å². The first-order valence-electron chi connectivity index (χ1n) is 13.1. The van der Waals surface area contributed by atoms with Gasteiger partial charge in [0, 0.05) is 31.2 Å². The Morgan fingerprint density at radius 3 is 2.63 bits per heavy atom. The Bertz CT molecular complexity index is 1400. The second-order valence-corrected chi connectivity index (χ2v) is 10.5. The van der Waals surface area contributed by atoms with Gasteiger partial charge < -0.3 is 10.4 Å². The Hall–Kier alpha value is -3.48. The van der Waals surface area contributed by atoms with Crippen molar-refractivity contribution in [2.75, 3.05) is 13.1 Å². The molecule has 38 heavy (non-hydrogen) atoms. The zero-order valence-corrected chi connectivity index (χ0v) is 21.4. The Morgan fingerprint density at radius 2 is 1.92 bits per heavy atom. The van der Waals surface area contributed by atoms with Crippen LogP contribution in [0.1, 0.15) is 65.8 Å². The third kappa shape index (κ3) is 5.11. The first kappa shape index (κ1) is 26.1. The van der Waals surface area contributed by atoms with Crippen LogP contribution in [0.5, 0.6) is 0 Å². The minimum absolute atomic E-state index is 0.0119. The summed E-state index contributed by atoms with van der Waals surface area (Å²) in [6.45, 7) is 3.35. The van der Waals surface area contributed by atoms with Gasteiger partial charge in [0.25, 0.3) is 5.91 Å². The number of piperidine rings is 1. The van der Waals surface area contributed by atoms with E-state index in [1.807, 2.05) is 19.1 Å². The van der Waals surface area contributed by atoms with Gasteiger partial charge in [0.1, 0.15) is 28.3 Å². The van der Waals surface area contributed by atoms with Gasteiger partial charge >= 0.3 is 0 Å². The van der Waals surface area contributed by atoms with Gasteiger partial charge in [0.05, 0.1) is 23.9 Å². The summed E-state index contributed by atoms with van der Waals surface area (Å²) in [4.78, 5) is 23.8. The lowest BCUT2D eigenvalue weighted by Gasteiger charge is -2.37. The molecule has 2 atom stereocenters. The molecular formula is C29H31F2N5O2. The lowest BCUT2D eigenvalue weighted by molar-refractivity contribution is 0.0714. The molecule has 1 amide bonds. The number of likely N-dealkylation sites (tertiary alicyclic amines) is 1. The van der Waals surface area contributed by atoms with Crippen molar-refractivity contribution in [3.8, 4) is 6.07 Å². The van der Waals surface area contributed by atoms with Crippen LogP contribution in [0, 0.1) is 29.9 Å². The fourth-order valence-electron chi connectivity index (χ4n) is 5.67. The third-order valence-electron chi connectivity index (χ3n) is 7.94. The molecule has 1 saturated heterocycles. The summed E-state index contributed by atoms with van der Waals surface area (Å²) >= 11 is 0. The van der Waals surface area contributed by atoms with Crippen molar-refractivity contribution in [3.05, 3.63) is 70.7 Å². The Labute approximate surface area is 220 Å². The number of fused-ring (bicyclic) bond motifs is 1. The standard InChI is InChI=1S/C29H31F2N5O2/c1-18-8-11-33-25(14-18)29(17-32)9-12-36(13-10-29)16-19-15-23(28(38)35-22-4-2-3-5-24(22)37)34-27-21(31)7-6-20(30)26(19)27/h6-8,11,14-15,22,24,37H,2-5,9-10,12-13,16H2,1H3,(H,35,38). The minimum Gasteiger partial charge on any atom is -0.391 e. The van der Waals surface area contributed by atoms with E-state index in [1.165, 1.54) is 6.07 Å². The van der Waals surface area contributed by atoms with E-state index in [1.54, 1.807) is 6.20 Å². The van der Waals surface area contributed by atoms with E-state index in [9.17, 15) is 23.9 Å². The molecule has 1 aliphatic carbocycles. The average Bonchev–Trinajstić information content (AvgIpc) is 2.92. The maximum Gasteiger partial charge on any atom is 0.270 e. The molecule has 2 aromatic heterocycles. The summed E-state index contributed by atoms with van der Waals surface area (Å²) < 4.78 is 29.8. The van der Waals surface area contributed by atoms with Crippen molar-refractivity contribution in [2.45, 2.75) is 69.6 Å². The zero-order valence-electron chi connectivity index (χ0n) is 21.4. The van der Waals surface area contributed by atoms with E-state index in [0.29, 0.717) is 44.3 Å². The number of halogens is 2. The molecule has 2 aliphatic rings. The number of aliphatic hydroxyl groups excluding tert-OH is 1. The second-order valence-electron chi connectivity index (χ2n) is 10.5. The number of amides is 1. The number of carbonyl (C=O) groups is 1. The molecule has 1 aliphatic heterocycles. The van der Waals surface area contributed by atoms with Crippen LogP contribution in [0.4, 0.5) is 8.78 Å². The van der Waals surface area contributed by atoms with Gasteiger partial charge in [-0.25, -0.2) is 13.8 Å². The molecule has 1 aromatic carbocycles. The molecule has 2 fully saturated rings. The SMILES string of the molecule is Cc1ccnc(C2(C#N)CCN(Cc3cc(C(=O)NC4CCCCC4O)nc4c(F)ccc(F)c34)CC2)c1. The number of nitrogens with one attached hydrogen (secondary N) is 1. The molecule has 9 heteroatoms. The Morgan fingerprint density at radius 1 is 1.18 bits per heavy atom. The van der Waals surface area contributed by atoms with Crippen LogP contribution in [-0.4, -0.2) is 51.1 Å². The minimum atomic E-state index is -0.706. The van der Waals surface area contributed by atoms with Crippen LogP contribution >= 0.6 is 0 Å². The van der Waals surface area contributed by atoms with E-state index in [2.05, 4.69) is 26.3 Å². The fraction of sp³-hybridized carbons (Fsp3) is 0.448. The van der Waals surface area contributed by atoms with E-state index in [4.69, 9.17) is 0 Å². The average molecular weight is 520 g/mol. The topological polar surface area (TPSA) is 102 Å². The normalized spacial score (nSPS) is 21.7. The quantitative estimate of drug-likeness (QED) is 0.521. The fourth-order valence-corrected chi connectivity index (χ4v) is 5.67. The van der Waals surface area contributed by atoms with Gasteiger partial charge in [-0.15, -0.1) is 0 Å². The number of nitrogens with zero attached hydrogens (tertiary/aromatic N) is 4. The van der Waals surface area contributed by atoms with Gasteiger partial charge in [-0.1, -0.05) is 12.8 Å². The number of nitriles is 1. The lowest BCUT2D eigenvalue weighted by Crippen LogP contribution is -2.45. The maximum atomic E-state index is 15.0. The van der Waals surface area contributed by atoms with Crippen molar-refractivity contribution in [2.24, 2.45) is 0 Å².